The Morgan fingerprint density at radius 3 is 2.15 bits per heavy atom. The number of piperazine rings is 1. The van der Waals surface area contributed by atoms with Gasteiger partial charge < -0.3 is 25.7 Å². The van der Waals surface area contributed by atoms with Gasteiger partial charge in [-0.3, -0.25) is 14.5 Å². The molecular formula is C11H20N4O5. The summed E-state index contributed by atoms with van der Waals surface area (Å²) in [5.74, 6) is -2.49. The molecule has 114 valence electrons. The minimum absolute atomic E-state index is 0.356. The molecule has 1 rings (SSSR count). The highest BCUT2D eigenvalue weighted by Crippen LogP contribution is 1.93. The van der Waals surface area contributed by atoms with Crippen LogP contribution in [0, 0.1) is 0 Å². The third kappa shape index (κ3) is 6.34. The van der Waals surface area contributed by atoms with Crippen molar-refractivity contribution in [2.45, 2.75) is 0 Å². The van der Waals surface area contributed by atoms with Crippen molar-refractivity contribution >= 4 is 18.0 Å². The fourth-order valence-electron chi connectivity index (χ4n) is 1.89. The van der Waals surface area contributed by atoms with Gasteiger partial charge in [0.2, 0.25) is 0 Å². The van der Waals surface area contributed by atoms with Crippen LogP contribution in [0.1, 0.15) is 0 Å². The molecule has 0 spiro atoms. The highest BCUT2D eigenvalue weighted by atomic mass is 16.4. The molecule has 0 saturated carbocycles. The quantitative estimate of drug-likeness (QED) is 0.430. The second-order valence-corrected chi connectivity index (χ2v) is 4.47. The molecule has 1 aliphatic rings. The van der Waals surface area contributed by atoms with Gasteiger partial charge in [0.05, 0.1) is 0 Å². The molecule has 0 unspecified atom stereocenters. The van der Waals surface area contributed by atoms with E-state index < -0.39 is 31.1 Å². The molecule has 9 heteroatoms. The number of carboxylic acids is 2. The fourth-order valence-corrected chi connectivity index (χ4v) is 1.89. The van der Waals surface area contributed by atoms with Gasteiger partial charge in [-0.1, -0.05) is 0 Å². The van der Waals surface area contributed by atoms with Crippen LogP contribution in [0.2, 0.25) is 0 Å². The van der Waals surface area contributed by atoms with Crippen LogP contribution >= 0.6 is 0 Å². The summed E-state index contributed by atoms with van der Waals surface area (Å²) in [7, 11) is 0. The Bertz CT molecular complexity index is 341. The first-order valence-corrected chi connectivity index (χ1v) is 6.38. The van der Waals surface area contributed by atoms with E-state index in [1.54, 1.807) is 0 Å². The second-order valence-electron chi connectivity index (χ2n) is 4.47. The predicted octanol–water partition coefficient (Wildman–Crippen LogP) is -1.93. The Morgan fingerprint density at radius 1 is 1.10 bits per heavy atom. The minimum atomic E-state index is -1.25. The topological polar surface area (TPSA) is 122 Å². The first-order valence-electron chi connectivity index (χ1n) is 6.38. The smallest absolute Gasteiger partial charge is 0.323 e. The Labute approximate surface area is 116 Å². The van der Waals surface area contributed by atoms with Crippen molar-refractivity contribution in [3.8, 4) is 0 Å². The second kappa shape index (κ2) is 8.33. The molecule has 0 aromatic heterocycles. The van der Waals surface area contributed by atoms with E-state index in [4.69, 9.17) is 10.2 Å². The van der Waals surface area contributed by atoms with Crippen molar-refractivity contribution in [2.75, 3.05) is 52.4 Å². The predicted molar refractivity (Wildman–Crippen MR) is 69.6 cm³/mol. The molecule has 1 aliphatic heterocycles. The number of carbonyl (C=O) groups excluding carboxylic acids is 1. The fraction of sp³-hybridized carbons (Fsp3) is 0.727. The van der Waals surface area contributed by atoms with Gasteiger partial charge in [0, 0.05) is 39.3 Å². The molecule has 9 nitrogen and oxygen atoms in total. The van der Waals surface area contributed by atoms with Gasteiger partial charge in [0.1, 0.15) is 13.1 Å². The van der Waals surface area contributed by atoms with Crippen molar-refractivity contribution in [3.63, 3.8) is 0 Å². The highest BCUT2D eigenvalue weighted by molar-refractivity contribution is 5.84. The molecule has 20 heavy (non-hydrogen) atoms. The lowest BCUT2D eigenvalue weighted by molar-refractivity contribution is -0.140. The molecule has 4 N–H and O–H groups in total. The number of aliphatic carboxylic acids is 2. The minimum Gasteiger partial charge on any atom is -0.480 e. The first kappa shape index (κ1) is 16.2. The van der Waals surface area contributed by atoms with E-state index in [1.807, 2.05) is 0 Å². The van der Waals surface area contributed by atoms with Crippen LogP contribution in [0.4, 0.5) is 4.79 Å². The van der Waals surface area contributed by atoms with Crippen molar-refractivity contribution in [1.82, 2.24) is 20.4 Å². The van der Waals surface area contributed by atoms with Crippen LogP contribution in [-0.2, 0) is 9.59 Å². The number of rotatable bonds is 7. The molecule has 1 heterocycles. The van der Waals surface area contributed by atoms with E-state index in [-0.39, 0.29) is 0 Å². The van der Waals surface area contributed by atoms with Crippen LogP contribution in [0.15, 0.2) is 0 Å². The zero-order valence-electron chi connectivity index (χ0n) is 11.2. The Hall–Kier alpha value is -1.87. The standard InChI is InChI=1S/C11H20N4O5/c16-9(17)7-15(8-10(18)19)11(20)13-3-6-14-4-1-12-2-5-14/h12H,1-8H2,(H,13,20)(H,16,17)(H,18,19). The number of hydrogen-bond donors (Lipinski definition) is 4. The summed E-state index contributed by atoms with van der Waals surface area (Å²) in [5, 5.41) is 23.0. The number of carboxylic acid groups (broad SMARTS) is 2. The zero-order chi connectivity index (χ0) is 15.0. The first-order chi connectivity index (χ1) is 9.49. The maximum atomic E-state index is 11.7. The number of amides is 2. The van der Waals surface area contributed by atoms with Gasteiger partial charge in [-0.2, -0.15) is 0 Å². The summed E-state index contributed by atoms with van der Waals surface area (Å²) in [6.45, 7) is 3.33. The van der Waals surface area contributed by atoms with E-state index in [0.717, 1.165) is 31.1 Å². The van der Waals surface area contributed by atoms with E-state index in [0.29, 0.717) is 13.1 Å². The number of carbonyl (C=O) groups is 3. The number of nitrogens with one attached hydrogen (secondary N) is 2. The van der Waals surface area contributed by atoms with Crippen molar-refractivity contribution in [1.29, 1.82) is 0 Å². The van der Waals surface area contributed by atoms with Crippen LogP contribution in [0.25, 0.3) is 0 Å². The van der Waals surface area contributed by atoms with Crippen molar-refractivity contribution < 1.29 is 24.6 Å². The SMILES string of the molecule is O=C(O)CN(CC(=O)O)C(=O)NCCN1CCNCC1. The van der Waals surface area contributed by atoms with Crippen LogP contribution < -0.4 is 10.6 Å². The lowest BCUT2D eigenvalue weighted by Gasteiger charge is -2.27. The molecule has 0 atom stereocenters. The van der Waals surface area contributed by atoms with Gasteiger partial charge in [0.25, 0.3) is 0 Å². The highest BCUT2D eigenvalue weighted by Gasteiger charge is 2.19. The maximum Gasteiger partial charge on any atom is 0.323 e. The summed E-state index contributed by atoms with van der Waals surface area (Å²) in [4.78, 5) is 35.8. The zero-order valence-corrected chi connectivity index (χ0v) is 11.2. The summed E-state index contributed by atoms with van der Waals surface area (Å²) < 4.78 is 0. The number of hydrogen-bond acceptors (Lipinski definition) is 5. The number of nitrogens with zero attached hydrogens (tertiary/aromatic N) is 2. The van der Waals surface area contributed by atoms with Crippen LogP contribution in [0.3, 0.4) is 0 Å². The molecular weight excluding hydrogens is 268 g/mol. The normalized spacial score (nSPS) is 15.6. The molecule has 2 amide bonds. The van der Waals surface area contributed by atoms with Crippen molar-refractivity contribution in [2.24, 2.45) is 0 Å². The molecule has 0 bridgehead atoms. The molecule has 0 aliphatic carbocycles. The monoisotopic (exact) mass is 288 g/mol. The van der Waals surface area contributed by atoms with Crippen LogP contribution in [-0.4, -0.2) is 90.3 Å². The van der Waals surface area contributed by atoms with E-state index >= 15 is 0 Å². The van der Waals surface area contributed by atoms with Gasteiger partial charge in [-0.05, 0) is 0 Å². The summed E-state index contributed by atoms with van der Waals surface area (Å²) in [6.07, 6.45) is 0. The van der Waals surface area contributed by atoms with Gasteiger partial charge in [0.15, 0.2) is 0 Å². The average molecular weight is 288 g/mol. The summed E-state index contributed by atoms with van der Waals surface area (Å²) >= 11 is 0. The van der Waals surface area contributed by atoms with Gasteiger partial charge >= 0.3 is 18.0 Å². The average Bonchev–Trinajstić information content (AvgIpc) is 2.38. The Balaban J connectivity index is 2.32. The molecule has 0 aromatic rings. The largest absolute Gasteiger partial charge is 0.480 e. The summed E-state index contributed by atoms with van der Waals surface area (Å²) in [6, 6.07) is -0.676. The van der Waals surface area contributed by atoms with E-state index in [9.17, 15) is 14.4 Å². The van der Waals surface area contributed by atoms with E-state index in [1.165, 1.54) is 0 Å². The third-order valence-corrected chi connectivity index (χ3v) is 2.85. The van der Waals surface area contributed by atoms with Gasteiger partial charge in [-0.15, -0.1) is 0 Å². The molecule has 0 aromatic carbocycles. The molecule has 0 radical (unpaired) electrons. The number of urea groups is 1. The maximum absolute atomic E-state index is 11.7. The van der Waals surface area contributed by atoms with Crippen molar-refractivity contribution in [3.05, 3.63) is 0 Å². The Morgan fingerprint density at radius 2 is 1.65 bits per heavy atom. The third-order valence-electron chi connectivity index (χ3n) is 2.85. The van der Waals surface area contributed by atoms with E-state index in [2.05, 4.69) is 15.5 Å². The lowest BCUT2D eigenvalue weighted by atomic mass is 10.3. The van der Waals surface area contributed by atoms with Gasteiger partial charge in [-0.25, -0.2) is 4.79 Å². The molecule has 1 saturated heterocycles. The Kier molecular flexibility index (Phi) is 6.74. The molecule has 1 fully saturated rings. The summed E-state index contributed by atoms with van der Waals surface area (Å²) in [5.41, 5.74) is 0. The van der Waals surface area contributed by atoms with Crippen LogP contribution in [0.5, 0.6) is 0 Å². The lowest BCUT2D eigenvalue weighted by Crippen LogP contribution is -2.49.